The molecule has 130 valence electrons. The SMILES string of the molecule is CC(C)Oc1ccc(S(=O)(=O)Nc2cccc(-c3cnc[nH]3)c2)cc1. The van der Waals surface area contributed by atoms with Gasteiger partial charge in [0.2, 0.25) is 0 Å². The van der Waals surface area contributed by atoms with E-state index >= 15 is 0 Å². The first-order valence-corrected chi connectivity index (χ1v) is 9.31. The average molecular weight is 357 g/mol. The minimum atomic E-state index is -3.68. The number of hydrogen-bond acceptors (Lipinski definition) is 4. The maximum absolute atomic E-state index is 12.6. The topological polar surface area (TPSA) is 84.1 Å². The molecular formula is C18H19N3O3S. The summed E-state index contributed by atoms with van der Waals surface area (Å²) in [4.78, 5) is 7.14. The van der Waals surface area contributed by atoms with Gasteiger partial charge in [-0.1, -0.05) is 12.1 Å². The molecule has 6 nitrogen and oxygen atoms in total. The highest BCUT2D eigenvalue weighted by molar-refractivity contribution is 7.92. The second kappa shape index (κ2) is 6.98. The lowest BCUT2D eigenvalue weighted by Gasteiger charge is -2.12. The minimum absolute atomic E-state index is 0.0332. The monoisotopic (exact) mass is 357 g/mol. The predicted octanol–water partition coefficient (Wildman–Crippen LogP) is 3.66. The Kier molecular flexibility index (Phi) is 4.76. The number of rotatable bonds is 6. The molecule has 0 saturated heterocycles. The molecule has 0 amide bonds. The van der Waals surface area contributed by atoms with Gasteiger partial charge >= 0.3 is 0 Å². The van der Waals surface area contributed by atoms with Crippen LogP contribution in [0.25, 0.3) is 11.3 Å². The van der Waals surface area contributed by atoms with Crippen molar-refractivity contribution in [1.82, 2.24) is 9.97 Å². The Morgan fingerprint density at radius 2 is 1.88 bits per heavy atom. The van der Waals surface area contributed by atoms with Crippen LogP contribution in [0.5, 0.6) is 5.75 Å². The van der Waals surface area contributed by atoms with Gasteiger partial charge in [0.25, 0.3) is 10.0 Å². The van der Waals surface area contributed by atoms with Crippen LogP contribution in [0.4, 0.5) is 5.69 Å². The molecule has 0 bridgehead atoms. The van der Waals surface area contributed by atoms with E-state index in [2.05, 4.69) is 14.7 Å². The van der Waals surface area contributed by atoms with E-state index in [4.69, 9.17) is 4.74 Å². The molecule has 0 aliphatic rings. The van der Waals surface area contributed by atoms with Crippen LogP contribution in [0.3, 0.4) is 0 Å². The third-order valence-corrected chi connectivity index (χ3v) is 4.83. The Morgan fingerprint density at radius 1 is 1.12 bits per heavy atom. The summed E-state index contributed by atoms with van der Waals surface area (Å²) in [6, 6.07) is 13.5. The lowest BCUT2D eigenvalue weighted by molar-refractivity contribution is 0.242. The molecule has 1 aromatic heterocycles. The highest BCUT2D eigenvalue weighted by Crippen LogP contribution is 2.23. The van der Waals surface area contributed by atoms with Gasteiger partial charge in [-0.15, -0.1) is 0 Å². The minimum Gasteiger partial charge on any atom is -0.491 e. The van der Waals surface area contributed by atoms with E-state index in [0.29, 0.717) is 11.4 Å². The van der Waals surface area contributed by atoms with Gasteiger partial charge in [-0.3, -0.25) is 4.72 Å². The van der Waals surface area contributed by atoms with Crippen LogP contribution in [0.2, 0.25) is 0 Å². The summed E-state index contributed by atoms with van der Waals surface area (Å²) in [6.07, 6.45) is 3.29. The number of ether oxygens (including phenoxy) is 1. The fourth-order valence-corrected chi connectivity index (χ4v) is 3.40. The zero-order valence-electron chi connectivity index (χ0n) is 13.9. The zero-order valence-corrected chi connectivity index (χ0v) is 14.7. The van der Waals surface area contributed by atoms with Crippen LogP contribution in [-0.4, -0.2) is 24.5 Å². The van der Waals surface area contributed by atoms with Gasteiger partial charge in [0.1, 0.15) is 5.75 Å². The molecule has 3 aromatic rings. The first-order valence-electron chi connectivity index (χ1n) is 7.82. The summed E-state index contributed by atoms with van der Waals surface area (Å²) >= 11 is 0. The normalized spacial score (nSPS) is 11.5. The fraction of sp³-hybridized carbons (Fsp3) is 0.167. The molecule has 0 aliphatic heterocycles. The molecule has 25 heavy (non-hydrogen) atoms. The standard InChI is InChI=1S/C18H19N3O3S/c1-13(2)24-16-6-8-17(9-7-16)25(22,23)21-15-5-3-4-14(10-15)18-11-19-12-20-18/h3-13,21H,1-2H3,(H,19,20). The van der Waals surface area contributed by atoms with E-state index in [0.717, 1.165) is 11.3 Å². The van der Waals surface area contributed by atoms with E-state index in [1.54, 1.807) is 42.9 Å². The number of nitrogens with zero attached hydrogens (tertiary/aromatic N) is 1. The van der Waals surface area contributed by atoms with Gasteiger partial charge < -0.3 is 9.72 Å². The molecule has 2 N–H and O–H groups in total. The second-order valence-electron chi connectivity index (χ2n) is 5.79. The Balaban J connectivity index is 1.81. The summed E-state index contributed by atoms with van der Waals surface area (Å²) in [7, 11) is -3.68. The summed E-state index contributed by atoms with van der Waals surface area (Å²) < 4.78 is 33.2. The van der Waals surface area contributed by atoms with Crippen molar-refractivity contribution in [2.75, 3.05) is 4.72 Å². The van der Waals surface area contributed by atoms with Crippen LogP contribution >= 0.6 is 0 Å². The van der Waals surface area contributed by atoms with Crippen molar-refractivity contribution in [3.8, 4) is 17.0 Å². The average Bonchev–Trinajstić information content (AvgIpc) is 3.09. The highest BCUT2D eigenvalue weighted by atomic mass is 32.2. The summed E-state index contributed by atoms with van der Waals surface area (Å²) in [5.41, 5.74) is 2.14. The quantitative estimate of drug-likeness (QED) is 0.705. The molecule has 0 saturated carbocycles. The van der Waals surface area contributed by atoms with Crippen molar-refractivity contribution < 1.29 is 13.2 Å². The maximum Gasteiger partial charge on any atom is 0.261 e. The van der Waals surface area contributed by atoms with E-state index in [1.807, 2.05) is 19.9 Å². The molecule has 3 rings (SSSR count). The number of nitrogens with one attached hydrogen (secondary N) is 2. The van der Waals surface area contributed by atoms with Crippen LogP contribution in [0.1, 0.15) is 13.8 Å². The van der Waals surface area contributed by atoms with Crippen molar-refractivity contribution >= 4 is 15.7 Å². The third-order valence-electron chi connectivity index (χ3n) is 3.43. The number of hydrogen-bond donors (Lipinski definition) is 2. The Bertz CT molecular complexity index is 934. The summed E-state index contributed by atoms with van der Waals surface area (Å²) in [5, 5.41) is 0. The van der Waals surface area contributed by atoms with E-state index in [-0.39, 0.29) is 11.0 Å². The molecule has 0 fully saturated rings. The van der Waals surface area contributed by atoms with Crippen LogP contribution in [0, 0.1) is 0 Å². The number of benzene rings is 2. The van der Waals surface area contributed by atoms with E-state index in [9.17, 15) is 8.42 Å². The van der Waals surface area contributed by atoms with Gasteiger partial charge in [0, 0.05) is 11.3 Å². The molecular weight excluding hydrogens is 338 g/mol. The van der Waals surface area contributed by atoms with Crippen LogP contribution < -0.4 is 9.46 Å². The van der Waals surface area contributed by atoms with Gasteiger partial charge in [0.15, 0.2) is 0 Å². The van der Waals surface area contributed by atoms with Gasteiger partial charge in [0.05, 0.1) is 29.2 Å². The van der Waals surface area contributed by atoms with Crippen molar-refractivity contribution in [3.05, 3.63) is 61.1 Å². The maximum atomic E-state index is 12.6. The summed E-state index contributed by atoms with van der Waals surface area (Å²) in [5.74, 6) is 0.634. The van der Waals surface area contributed by atoms with Gasteiger partial charge in [-0.05, 0) is 50.2 Å². The Labute approximate surface area is 146 Å². The lowest BCUT2D eigenvalue weighted by Crippen LogP contribution is -2.13. The van der Waals surface area contributed by atoms with Crippen LogP contribution in [-0.2, 0) is 10.0 Å². The number of aromatic amines is 1. The van der Waals surface area contributed by atoms with Crippen molar-refractivity contribution in [3.63, 3.8) is 0 Å². The summed E-state index contributed by atoms with van der Waals surface area (Å²) in [6.45, 7) is 3.83. The van der Waals surface area contributed by atoms with Crippen molar-refractivity contribution in [1.29, 1.82) is 0 Å². The smallest absolute Gasteiger partial charge is 0.261 e. The number of aromatic nitrogens is 2. The molecule has 0 unspecified atom stereocenters. The highest BCUT2D eigenvalue weighted by Gasteiger charge is 2.15. The third kappa shape index (κ3) is 4.19. The molecule has 2 aromatic carbocycles. The number of imidazole rings is 1. The van der Waals surface area contributed by atoms with Gasteiger partial charge in [-0.2, -0.15) is 0 Å². The fourth-order valence-electron chi connectivity index (χ4n) is 2.35. The molecule has 0 radical (unpaired) electrons. The Hall–Kier alpha value is -2.80. The Morgan fingerprint density at radius 3 is 2.52 bits per heavy atom. The molecule has 1 heterocycles. The molecule has 0 atom stereocenters. The first kappa shape index (κ1) is 17.0. The molecule has 7 heteroatoms. The van der Waals surface area contributed by atoms with E-state index < -0.39 is 10.0 Å². The number of H-pyrrole nitrogens is 1. The van der Waals surface area contributed by atoms with Gasteiger partial charge in [-0.25, -0.2) is 13.4 Å². The number of anilines is 1. The molecule has 0 aliphatic carbocycles. The van der Waals surface area contributed by atoms with E-state index in [1.165, 1.54) is 12.1 Å². The first-order chi connectivity index (χ1) is 11.9. The van der Waals surface area contributed by atoms with Crippen LogP contribution in [0.15, 0.2) is 66.0 Å². The van der Waals surface area contributed by atoms with Crippen molar-refractivity contribution in [2.24, 2.45) is 0 Å². The zero-order chi connectivity index (χ0) is 17.9. The largest absolute Gasteiger partial charge is 0.491 e. The second-order valence-corrected chi connectivity index (χ2v) is 7.47. The van der Waals surface area contributed by atoms with Crippen molar-refractivity contribution in [2.45, 2.75) is 24.8 Å². The number of sulfonamides is 1. The molecule has 0 spiro atoms. The predicted molar refractivity (Wildman–Crippen MR) is 97.0 cm³/mol. The lowest BCUT2D eigenvalue weighted by atomic mass is 10.1.